The van der Waals surface area contributed by atoms with Crippen LogP contribution >= 0.6 is 11.8 Å². The van der Waals surface area contributed by atoms with Gasteiger partial charge in [-0.15, -0.1) is 0 Å². The molecule has 2 fully saturated rings. The van der Waals surface area contributed by atoms with Crippen LogP contribution in [0.15, 0.2) is 91.0 Å². The Balaban J connectivity index is 1.56. The van der Waals surface area contributed by atoms with Gasteiger partial charge in [0.15, 0.2) is 29.9 Å². The Morgan fingerprint density at radius 1 is 0.561 bits per heavy atom. The highest BCUT2D eigenvalue weighted by molar-refractivity contribution is 8.14. The van der Waals surface area contributed by atoms with Gasteiger partial charge in [-0.1, -0.05) is 103 Å². The van der Waals surface area contributed by atoms with E-state index >= 15 is 0 Å². The summed E-state index contributed by atoms with van der Waals surface area (Å²) in [5, 5.41) is -1.45. The summed E-state index contributed by atoms with van der Waals surface area (Å²) in [7, 11) is 1.50. The minimum atomic E-state index is -1.36. The number of hydrogen-bond acceptors (Lipinski definition) is 15. The molecule has 2 aliphatic rings. The Bertz CT molecular complexity index is 1710. The van der Waals surface area contributed by atoms with Crippen LogP contribution in [0.2, 0.25) is 0 Å². The van der Waals surface area contributed by atoms with Crippen LogP contribution in [-0.4, -0.2) is 104 Å². The van der Waals surface area contributed by atoms with Gasteiger partial charge < -0.3 is 47.4 Å². The molecule has 2 heterocycles. The molecule has 3 aromatic rings. The largest absolute Gasteiger partial charge is 0.463 e. The molecule has 10 atom stereocenters. The third-order valence-corrected chi connectivity index (χ3v) is 10.1. The van der Waals surface area contributed by atoms with Gasteiger partial charge in [-0.3, -0.25) is 19.2 Å². The highest BCUT2D eigenvalue weighted by Crippen LogP contribution is 2.39. The molecular weight excluding hydrogens is 761 g/mol. The van der Waals surface area contributed by atoms with Gasteiger partial charge in [-0.2, -0.15) is 0 Å². The summed E-state index contributed by atoms with van der Waals surface area (Å²) < 4.78 is 62.0. The number of carbonyl (C=O) groups excluding carboxylic acids is 4. The first-order valence-electron chi connectivity index (χ1n) is 18.6. The van der Waals surface area contributed by atoms with Crippen molar-refractivity contribution in [2.24, 2.45) is 0 Å². The van der Waals surface area contributed by atoms with Gasteiger partial charge in [0.25, 0.3) is 0 Å². The van der Waals surface area contributed by atoms with Crippen molar-refractivity contribution in [2.45, 2.75) is 108 Å². The van der Waals surface area contributed by atoms with E-state index in [4.69, 9.17) is 47.4 Å². The van der Waals surface area contributed by atoms with Gasteiger partial charge >= 0.3 is 17.9 Å². The molecule has 0 N–H and O–H groups in total. The number of carbonyl (C=O) groups is 4. The predicted molar refractivity (Wildman–Crippen MR) is 205 cm³/mol. The van der Waals surface area contributed by atoms with Gasteiger partial charge in [-0.05, 0) is 16.7 Å². The van der Waals surface area contributed by atoms with Gasteiger partial charge in [0.05, 0.1) is 26.4 Å². The molecule has 2 aliphatic heterocycles. The number of rotatable bonds is 18. The van der Waals surface area contributed by atoms with Crippen LogP contribution in [0.25, 0.3) is 0 Å². The molecule has 14 nitrogen and oxygen atoms in total. The first-order valence-corrected chi connectivity index (χ1v) is 19.5. The molecular formula is C42H50O14S. The zero-order valence-corrected chi connectivity index (χ0v) is 33.4. The molecule has 0 bridgehead atoms. The van der Waals surface area contributed by atoms with Crippen molar-refractivity contribution in [3.05, 3.63) is 108 Å². The summed E-state index contributed by atoms with van der Waals surface area (Å²) >= 11 is 0.787. The molecule has 57 heavy (non-hydrogen) atoms. The lowest BCUT2D eigenvalue weighted by atomic mass is 9.96. The highest BCUT2D eigenvalue weighted by atomic mass is 32.2. The fraction of sp³-hybridized carbons (Fsp3) is 0.476. The second-order valence-electron chi connectivity index (χ2n) is 13.5. The average Bonchev–Trinajstić information content (AvgIpc) is 3.19. The topological polar surface area (TPSA) is 161 Å². The van der Waals surface area contributed by atoms with Crippen molar-refractivity contribution >= 4 is 34.8 Å². The molecule has 0 saturated carbocycles. The standard InChI is InChI=1S/C42H50O14S/c1-26(43)49-25-34-36(52-27(2)44)38(53-28(3)45)40(57-29(4)46)42(55-34)56-35-33(24-48-21-30-15-9-6-10-16-30)54-41(47-5)39(51-23-32-19-13-8-14-20-32)37(35)50-22-31-17-11-7-12-18-31/h6-20,33-42H,21-25H2,1-5H3/t33-,34-,35-,36-,37+,38+,39-,40-,41+,42+/m1/s1. The molecule has 5 rings (SSSR count). The third kappa shape index (κ3) is 13.2. The van der Waals surface area contributed by atoms with E-state index < -0.39 is 85.1 Å². The number of hydrogen-bond donors (Lipinski definition) is 0. The minimum Gasteiger partial charge on any atom is -0.463 e. The SMILES string of the molecule is CO[C@H]1O[C@H](COCc2ccccc2)[C@@H](O[C@@H]2O[C@H](COC(C)=O)[C@@H](OC(C)=O)[C@H](OC(C)=O)[C@H]2SC(C)=O)[C@H](OCc2ccccc2)[C@H]1OCc1ccccc1. The summed E-state index contributed by atoms with van der Waals surface area (Å²) in [6, 6.07) is 28.7. The molecule has 0 radical (unpaired) electrons. The second-order valence-corrected chi connectivity index (χ2v) is 14.8. The smallest absolute Gasteiger partial charge is 0.303 e. The molecule has 3 aromatic carbocycles. The number of thioether (sulfide) groups is 1. The van der Waals surface area contributed by atoms with E-state index in [1.54, 1.807) is 0 Å². The number of methoxy groups -OCH3 is 1. The summed E-state index contributed by atoms with van der Waals surface area (Å²) in [4.78, 5) is 49.8. The van der Waals surface area contributed by atoms with Crippen LogP contribution in [0.5, 0.6) is 0 Å². The number of ether oxygens (including phenoxy) is 10. The summed E-state index contributed by atoms with van der Waals surface area (Å²) in [5.41, 5.74) is 2.69. The van der Waals surface area contributed by atoms with Crippen molar-refractivity contribution in [2.75, 3.05) is 20.3 Å². The molecule has 15 heteroatoms. The predicted octanol–water partition coefficient (Wildman–Crippen LogP) is 4.93. The maximum Gasteiger partial charge on any atom is 0.303 e. The Labute approximate surface area is 336 Å². The van der Waals surface area contributed by atoms with E-state index in [0.717, 1.165) is 28.5 Å². The van der Waals surface area contributed by atoms with Crippen LogP contribution in [0.1, 0.15) is 44.4 Å². The Hall–Kier alpha value is -4.19. The summed E-state index contributed by atoms with van der Waals surface area (Å²) in [5.74, 6) is -2.06. The fourth-order valence-electron chi connectivity index (χ4n) is 6.59. The molecule has 0 spiro atoms. The maximum atomic E-state index is 12.9. The quantitative estimate of drug-likeness (QED) is 0.126. The lowest BCUT2D eigenvalue weighted by Gasteiger charge is -2.49. The van der Waals surface area contributed by atoms with Crippen LogP contribution in [-0.2, 0) is 86.4 Å². The van der Waals surface area contributed by atoms with Gasteiger partial charge in [-0.25, -0.2) is 0 Å². The van der Waals surface area contributed by atoms with Crippen molar-refractivity contribution in [1.29, 1.82) is 0 Å². The summed E-state index contributed by atoms with van der Waals surface area (Å²) in [6.07, 6.45) is -9.79. The zero-order valence-electron chi connectivity index (χ0n) is 32.6. The van der Waals surface area contributed by atoms with Crippen LogP contribution in [0.3, 0.4) is 0 Å². The minimum absolute atomic E-state index is 0.00636. The normalized spacial score (nSPS) is 27.2. The van der Waals surface area contributed by atoms with E-state index in [0.29, 0.717) is 0 Å². The van der Waals surface area contributed by atoms with Gasteiger partial charge in [0.1, 0.15) is 42.4 Å². The highest BCUT2D eigenvalue weighted by Gasteiger charge is 2.55. The fourth-order valence-corrected chi connectivity index (χ4v) is 7.55. The van der Waals surface area contributed by atoms with E-state index in [1.807, 2.05) is 91.0 Å². The first kappa shape index (κ1) is 43.9. The second kappa shape index (κ2) is 22.1. The lowest BCUT2D eigenvalue weighted by Crippen LogP contribution is -2.66. The van der Waals surface area contributed by atoms with Crippen molar-refractivity contribution in [1.82, 2.24) is 0 Å². The Morgan fingerprint density at radius 2 is 1.05 bits per heavy atom. The molecule has 0 amide bonds. The monoisotopic (exact) mass is 810 g/mol. The van der Waals surface area contributed by atoms with Crippen LogP contribution in [0.4, 0.5) is 0 Å². The zero-order chi connectivity index (χ0) is 40.7. The first-order chi connectivity index (χ1) is 27.5. The van der Waals surface area contributed by atoms with E-state index in [1.165, 1.54) is 34.8 Å². The van der Waals surface area contributed by atoms with Crippen LogP contribution < -0.4 is 0 Å². The van der Waals surface area contributed by atoms with Crippen molar-refractivity contribution < 1.29 is 66.5 Å². The van der Waals surface area contributed by atoms with E-state index in [-0.39, 0.29) is 31.5 Å². The molecule has 2 saturated heterocycles. The summed E-state index contributed by atoms with van der Waals surface area (Å²) in [6.45, 7) is 5.09. The maximum absolute atomic E-state index is 12.9. The molecule has 0 unspecified atom stereocenters. The van der Waals surface area contributed by atoms with Crippen molar-refractivity contribution in [3.8, 4) is 0 Å². The van der Waals surface area contributed by atoms with E-state index in [9.17, 15) is 19.2 Å². The van der Waals surface area contributed by atoms with Gasteiger partial charge in [0, 0.05) is 34.8 Å². The van der Waals surface area contributed by atoms with Gasteiger partial charge in [0.2, 0.25) is 0 Å². The third-order valence-electron chi connectivity index (χ3n) is 9.03. The lowest BCUT2D eigenvalue weighted by molar-refractivity contribution is -0.351. The average molecular weight is 811 g/mol. The molecule has 0 aromatic heterocycles. The van der Waals surface area contributed by atoms with E-state index in [2.05, 4.69) is 0 Å². The molecule has 308 valence electrons. The van der Waals surface area contributed by atoms with Crippen LogP contribution in [0, 0.1) is 0 Å². The van der Waals surface area contributed by atoms with Crippen molar-refractivity contribution in [3.63, 3.8) is 0 Å². The number of esters is 3. The molecule has 0 aliphatic carbocycles. The Morgan fingerprint density at radius 3 is 1.56 bits per heavy atom. The number of benzene rings is 3. The Kier molecular flexibility index (Phi) is 17.0.